The molecule has 3 aromatic rings. The van der Waals surface area contributed by atoms with Crippen molar-refractivity contribution in [2.45, 2.75) is 19.3 Å². The Labute approximate surface area is 164 Å². The lowest BCUT2D eigenvalue weighted by atomic mass is 10.1. The molecular formula is C21H17F3N2O3. The second-order valence-corrected chi connectivity index (χ2v) is 6.34. The average molecular weight is 402 g/mol. The van der Waals surface area contributed by atoms with Crippen LogP contribution in [0, 0.1) is 6.92 Å². The van der Waals surface area contributed by atoms with Crippen molar-refractivity contribution in [1.82, 2.24) is 5.32 Å². The Kier molecular flexibility index (Phi) is 5.72. The molecule has 5 nitrogen and oxygen atoms in total. The minimum atomic E-state index is -4.54. The lowest BCUT2D eigenvalue weighted by Gasteiger charge is -2.20. The van der Waals surface area contributed by atoms with E-state index in [9.17, 15) is 22.8 Å². The molecule has 0 fully saturated rings. The maximum absolute atomic E-state index is 13.0. The lowest BCUT2D eigenvalue weighted by molar-refractivity contribution is -0.137. The van der Waals surface area contributed by atoms with E-state index < -0.39 is 29.6 Å². The number of nitrogens with one attached hydrogen (secondary N) is 2. The van der Waals surface area contributed by atoms with Crippen LogP contribution in [0.2, 0.25) is 0 Å². The second kappa shape index (κ2) is 8.22. The number of ketones is 1. The number of Topliss-reactive ketones (excluding diaryl/α,β-unsaturated/α-hetero) is 1. The highest BCUT2D eigenvalue weighted by atomic mass is 19.4. The zero-order chi connectivity index (χ0) is 21.0. The number of benzene rings is 2. The van der Waals surface area contributed by atoms with Gasteiger partial charge in [0.05, 0.1) is 11.8 Å². The van der Waals surface area contributed by atoms with E-state index in [2.05, 4.69) is 10.6 Å². The molecular weight excluding hydrogens is 385 g/mol. The van der Waals surface area contributed by atoms with Gasteiger partial charge in [-0.05, 0) is 37.3 Å². The molecule has 0 aliphatic rings. The molecule has 29 heavy (non-hydrogen) atoms. The Morgan fingerprint density at radius 1 is 1.00 bits per heavy atom. The molecule has 0 aliphatic heterocycles. The molecule has 3 rings (SSSR count). The molecule has 0 saturated carbocycles. The Hall–Kier alpha value is -3.55. The van der Waals surface area contributed by atoms with Crippen molar-refractivity contribution < 1.29 is 27.2 Å². The number of carbonyl (C=O) groups is 2. The van der Waals surface area contributed by atoms with Crippen LogP contribution in [0.3, 0.4) is 0 Å². The second-order valence-electron chi connectivity index (χ2n) is 6.34. The van der Waals surface area contributed by atoms with Gasteiger partial charge in [-0.3, -0.25) is 9.59 Å². The van der Waals surface area contributed by atoms with Gasteiger partial charge >= 0.3 is 6.18 Å². The quantitative estimate of drug-likeness (QED) is 0.465. The molecule has 150 valence electrons. The molecule has 1 unspecified atom stereocenters. The molecule has 1 aromatic heterocycles. The monoisotopic (exact) mass is 402 g/mol. The summed E-state index contributed by atoms with van der Waals surface area (Å²) in [4.78, 5) is 25.3. The van der Waals surface area contributed by atoms with Crippen LogP contribution >= 0.6 is 0 Å². The Bertz CT molecular complexity index is 997. The summed E-state index contributed by atoms with van der Waals surface area (Å²) in [5.74, 6) is -1.22. The van der Waals surface area contributed by atoms with Crippen molar-refractivity contribution in [2.75, 3.05) is 5.32 Å². The number of alkyl halides is 3. The summed E-state index contributed by atoms with van der Waals surface area (Å²) in [5, 5.41) is 5.14. The first-order valence-corrected chi connectivity index (χ1v) is 8.63. The number of amides is 1. The number of hydrogen-bond acceptors (Lipinski definition) is 4. The summed E-state index contributed by atoms with van der Waals surface area (Å²) in [5.41, 5.74) is 0.384. The van der Waals surface area contributed by atoms with E-state index in [0.29, 0.717) is 5.56 Å². The predicted octanol–water partition coefficient (Wildman–Crippen LogP) is 4.66. The summed E-state index contributed by atoms with van der Waals surface area (Å²) in [6.07, 6.45) is -4.55. The number of furan rings is 1. The highest BCUT2D eigenvalue weighted by molar-refractivity contribution is 6.04. The summed E-state index contributed by atoms with van der Waals surface area (Å²) in [6.45, 7) is 1.85. The SMILES string of the molecule is Cc1ccc(C(=O)C(NC(=O)c2ccco2)Nc2cccc(C(F)(F)F)c2)cc1. The first-order valence-electron chi connectivity index (χ1n) is 8.63. The number of rotatable bonds is 6. The fourth-order valence-electron chi connectivity index (χ4n) is 2.61. The lowest BCUT2D eigenvalue weighted by Crippen LogP contribution is -2.46. The van der Waals surface area contributed by atoms with E-state index in [0.717, 1.165) is 17.7 Å². The molecule has 0 spiro atoms. The summed E-state index contributed by atoms with van der Waals surface area (Å²) < 4.78 is 44.0. The van der Waals surface area contributed by atoms with Gasteiger partial charge in [-0.25, -0.2) is 0 Å². The molecule has 8 heteroatoms. The van der Waals surface area contributed by atoms with E-state index in [1.165, 1.54) is 30.5 Å². The topological polar surface area (TPSA) is 71.3 Å². The van der Waals surface area contributed by atoms with Gasteiger partial charge in [-0.1, -0.05) is 35.9 Å². The largest absolute Gasteiger partial charge is 0.459 e. The maximum Gasteiger partial charge on any atom is 0.416 e. The molecule has 1 heterocycles. The van der Waals surface area contributed by atoms with Crippen LogP contribution < -0.4 is 10.6 Å². The third-order valence-corrected chi connectivity index (χ3v) is 4.12. The highest BCUT2D eigenvalue weighted by Crippen LogP contribution is 2.30. The van der Waals surface area contributed by atoms with Gasteiger partial charge in [-0.15, -0.1) is 0 Å². The Morgan fingerprint density at radius 2 is 1.72 bits per heavy atom. The number of hydrogen-bond donors (Lipinski definition) is 2. The fraction of sp³-hybridized carbons (Fsp3) is 0.143. The third kappa shape index (κ3) is 5.04. The van der Waals surface area contributed by atoms with E-state index in [1.54, 1.807) is 24.3 Å². The average Bonchev–Trinajstić information content (AvgIpc) is 3.22. The van der Waals surface area contributed by atoms with Gasteiger partial charge in [-0.2, -0.15) is 13.2 Å². The molecule has 0 saturated heterocycles. The predicted molar refractivity (Wildman–Crippen MR) is 101 cm³/mol. The van der Waals surface area contributed by atoms with E-state index in [1.807, 2.05) is 6.92 Å². The van der Waals surface area contributed by atoms with Crippen LogP contribution in [0.15, 0.2) is 71.3 Å². The minimum Gasteiger partial charge on any atom is -0.459 e. The van der Waals surface area contributed by atoms with Crippen molar-refractivity contribution in [1.29, 1.82) is 0 Å². The third-order valence-electron chi connectivity index (χ3n) is 4.12. The van der Waals surface area contributed by atoms with Gasteiger partial charge < -0.3 is 15.1 Å². The molecule has 1 amide bonds. The zero-order valence-corrected chi connectivity index (χ0v) is 15.3. The molecule has 2 aromatic carbocycles. The van der Waals surface area contributed by atoms with Gasteiger partial charge in [0, 0.05) is 11.3 Å². The summed E-state index contributed by atoms with van der Waals surface area (Å²) in [7, 11) is 0. The molecule has 0 aliphatic carbocycles. The van der Waals surface area contributed by atoms with Gasteiger partial charge in [0.2, 0.25) is 5.78 Å². The van der Waals surface area contributed by atoms with Crippen LogP contribution in [0.4, 0.5) is 18.9 Å². The molecule has 0 bridgehead atoms. The normalized spacial score (nSPS) is 12.3. The zero-order valence-electron chi connectivity index (χ0n) is 15.3. The first kappa shape index (κ1) is 20.2. The Balaban J connectivity index is 1.89. The first-order chi connectivity index (χ1) is 13.7. The van der Waals surface area contributed by atoms with E-state index in [4.69, 9.17) is 4.42 Å². The number of anilines is 1. The fourth-order valence-corrected chi connectivity index (χ4v) is 2.61. The molecule has 2 N–H and O–H groups in total. The number of halogens is 3. The van der Waals surface area contributed by atoms with E-state index >= 15 is 0 Å². The molecule has 1 atom stereocenters. The van der Waals surface area contributed by atoms with Crippen molar-refractivity contribution in [3.05, 3.63) is 89.4 Å². The van der Waals surface area contributed by atoms with Gasteiger partial charge in [0.15, 0.2) is 11.9 Å². The summed E-state index contributed by atoms with van der Waals surface area (Å²) in [6, 6.07) is 13.9. The van der Waals surface area contributed by atoms with Crippen LogP contribution in [0.25, 0.3) is 0 Å². The molecule has 0 radical (unpaired) electrons. The maximum atomic E-state index is 13.0. The number of carbonyl (C=O) groups excluding carboxylic acids is 2. The van der Waals surface area contributed by atoms with Crippen molar-refractivity contribution >= 4 is 17.4 Å². The van der Waals surface area contributed by atoms with Crippen LogP contribution in [0.5, 0.6) is 0 Å². The van der Waals surface area contributed by atoms with Crippen LogP contribution in [-0.4, -0.2) is 17.9 Å². The van der Waals surface area contributed by atoms with Gasteiger partial charge in [0.1, 0.15) is 0 Å². The van der Waals surface area contributed by atoms with Crippen molar-refractivity contribution in [2.24, 2.45) is 0 Å². The minimum absolute atomic E-state index is 0.0300. The van der Waals surface area contributed by atoms with Crippen LogP contribution in [-0.2, 0) is 6.18 Å². The van der Waals surface area contributed by atoms with E-state index in [-0.39, 0.29) is 11.4 Å². The highest BCUT2D eigenvalue weighted by Gasteiger charge is 2.31. The van der Waals surface area contributed by atoms with Gasteiger partial charge in [0.25, 0.3) is 5.91 Å². The summed E-state index contributed by atoms with van der Waals surface area (Å²) >= 11 is 0. The Morgan fingerprint density at radius 3 is 2.34 bits per heavy atom. The van der Waals surface area contributed by atoms with Crippen LogP contribution in [0.1, 0.15) is 32.0 Å². The van der Waals surface area contributed by atoms with Crippen molar-refractivity contribution in [3.63, 3.8) is 0 Å². The number of aryl methyl sites for hydroxylation is 1. The van der Waals surface area contributed by atoms with Crippen molar-refractivity contribution in [3.8, 4) is 0 Å². The standard InChI is InChI=1S/C21H17F3N2O3/c1-13-7-9-14(10-8-13)18(27)19(26-20(28)17-6-3-11-29-17)25-16-5-2-4-15(12-16)21(22,23)24/h2-12,19,25H,1H3,(H,26,28). The smallest absolute Gasteiger partial charge is 0.416 e.